The van der Waals surface area contributed by atoms with Crippen molar-refractivity contribution in [3.8, 4) is 11.1 Å². The minimum atomic E-state index is -4.44. The minimum Gasteiger partial charge on any atom is -0.481 e. The zero-order valence-corrected chi connectivity index (χ0v) is 11.6. The molecule has 0 saturated carbocycles. The molecule has 0 spiro atoms. The van der Waals surface area contributed by atoms with E-state index < -0.39 is 30.1 Å². The average Bonchev–Trinajstić information content (AvgIpc) is 2.45. The molecule has 0 unspecified atom stereocenters. The highest BCUT2D eigenvalue weighted by molar-refractivity contribution is 5.92. The van der Waals surface area contributed by atoms with Crippen LogP contribution in [0.3, 0.4) is 0 Å². The number of alkyl halides is 3. The van der Waals surface area contributed by atoms with E-state index in [0.717, 1.165) is 12.1 Å². The first-order chi connectivity index (χ1) is 10.7. The fourth-order valence-corrected chi connectivity index (χ4v) is 2.14. The molecule has 4 nitrogen and oxygen atoms in total. The standard InChI is InChI=1S/C16H11F3O4/c17-16(18,19)12-4-1-9(2-5-12)10-3-6-13(15(22)23)11(7-10)8-14(20)21/h1-7H,8H2,(H,20,21)(H,22,23). The van der Waals surface area contributed by atoms with Crippen LogP contribution in [0.1, 0.15) is 21.5 Å². The zero-order valence-electron chi connectivity index (χ0n) is 11.6. The van der Waals surface area contributed by atoms with Gasteiger partial charge in [0.25, 0.3) is 0 Å². The summed E-state index contributed by atoms with van der Waals surface area (Å²) in [7, 11) is 0. The molecule has 0 heterocycles. The van der Waals surface area contributed by atoms with Crippen LogP contribution in [-0.4, -0.2) is 22.2 Å². The number of rotatable bonds is 4. The summed E-state index contributed by atoms with van der Waals surface area (Å²) in [4.78, 5) is 21.9. The van der Waals surface area contributed by atoms with Gasteiger partial charge in [0.05, 0.1) is 17.5 Å². The van der Waals surface area contributed by atoms with Crippen LogP contribution in [0.15, 0.2) is 42.5 Å². The Labute approximate surface area is 128 Å². The summed E-state index contributed by atoms with van der Waals surface area (Å²) in [5.74, 6) is -2.46. The van der Waals surface area contributed by atoms with Gasteiger partial charge in [0.15, 0.2) is 0 Å². The highest BCUT2D eigenvalue weighted by Crippen LogP contribution is 2.31. The van der Waals surface area contributed by atoms with Crippen molar-refractivity contribution in [1.29, 1.82) is 0 Å². The number of halogens is 3. The topological polar surface area (TPSA) is 74.6 Å². The van der Waals surface area contributed by atoms with Crippen LogP contribution < -0.4 is 0 Å². The number of aromatic carboxylic acids is 1. The van der Waals surface area contributed by atoms with Crippen molar-refractivity contribution >= 4 is 11.9 Å². The average molecular weight is 324 g/mol. The van der Waals surface area contributed by atoms with Crippen molar-refractivity contribution in [3.05, 3.63) is 59.2 Å². The second kappa shape index (κ2) is 6.12. The molecule has 0 aromatic heterocycles. The first-order valence-corrected chi connectivity index (χ1v) is 6.44. The Morgan fingerprint density at radius 3 is 1.96 bits per heavy atom. The van der Waals surface area contributed by atoms with E-state index in [2.05, 4.69) is 0 Å². The largest absolute Gasteiger partial charge is 0.481 e. The van der Waals surface area contributed by atoms with Gasteiger partial charge in [-0.25, -0.2) is 4.79 Å². The van der Waals surface area contributed by atoms with Crippen molar-refractivity contribution < 1.29 is 33.0 Å². The lowest BCUT2D eigenvalue weighted by atomic mass is 9.96. The Kier molecular flexibility index (Phi) is 4.40. The lowest BCUT2D eigenvalue weighted by Crippen LogP contribution is -2.08. The molecule has 0 amide bonds. The SMILES string of the molecule is O=C(O)Cc1cc(-c2ccc(C(F)(F)F)cc2)ccc1C(=O)O. The van der Waals surface area contributed by atoms with Crippen LogP contribution >= 0.6 is 0 Å². The fraction of sp³-hybridized carbons (Fsp3) is 0.125. The van der Waals surface area contributed by atoms with Gasteiger partial charge in [-0.05, 0) is 41.0 Å². The highest BCUT2D eigenvalue weighted by atomic mass is 19.4. The Bertz CT molecular complexity index is 749. The molecular weight excluding hydrogens is 313 g/mol. The van der Waals surface area contributed by atoms with Gasteiger partial charge in [-0.2, -0.15) is 13.2 Å². The van der Waals surface area contributed by atoms with E-state index in [4.69, 9.17) is 10.2 Å². The third-order valence-corrected chi connectivity index (χ3v) is 3.22. The van der Waals surface area contributed by atoms with Crippen molar-refractivity contribution in [2.45, 2.75) is 12.6 Å². The first kappa shape index (κ1) is 16.5. The van der Waals surface area contributed by atoms with Crippen LogP contribution in [0.4, 0.5) is 13.2 Å². The van der Waals surface area contributed by atoms with E-state index in [1.54, 1.807) is 0 Å². The molecule has 0 radical (unpaired) electrons. The van der Waals surface area contributed by atoms with Crippen molar-refractivity contribution in [2.75, 3.05) is 0 Å². The van der Waals surface area contributed by atoms with E-state index in [0.29, 0.717) is 11.1 Å². The lowest BCUT2D eigenvalue weighted by molar-refractivity contribution is -0.138. The monoisotopic (exact) mass is 324 g/mol. The maximum absolute atomic E-state index is 12.5. The van der Waals surface area contributed by atoms with Crippen LogP contribution in [0, 0.1) is 0 Å². The molecule has 2 N–H and O–H groups in total. The normalized spacial score (nSPS) is 11.3. The van der Waals surface area contributed by atoms with E-state index in [1.807, 2.05) is 0 Å². The second-order valence-electron chi connectivity index (χ2n) is 4.82. The number of carbonyl (C=O) groups is 2. The molecule has 23 heavy (non-hydrogen) atoms. The Morgan fingerprint density at radius 2 is 1.48 bits per heavy atom. The molecule has 0 bridgehead atoms. The Hall–Kier alpha value is -2.83. The van der Waals surface area contributed by atoms with Gasteiger partial charge < -0.3 is 10.2 Å². The molecule has 0 saturated heterocycles. The van der Waals surface area contributed by atoms with Crippen LogP contribution in [-0.2, 0) is 17.4 Å². The number of benzene rings is 2. The van der Waals surface area contributed by atoms with Gasteiger partial charge in [0.2, 0.25) is 0 Å². The molecule has 7 heteroatoms. The van der Waals surface area contributed by atoms with E-state index in [1.165, 1.54) is 30.3 Å². The van der Waals surface area contributed by atoms with E-state index in [9.17, 15) is 22.8 Å². The summed E-state index contributed by atoms with van der Waals surface area (Å²) in [5.41, 5.74) is 0.0150. The summed E-state index contributed by atoms with van der Waals surface area (Å²) in [5, 5.41) is 17.9. The maximum Gasteiger partial charge on any atom is 0.416 e. The smallest absolute Gasteiger partial charge is 0.416 e. The summed E-state index contributed by atoms with van der Waals surface area (Å²) in [6.07, 6.45) is -4.93. The molecule has 2 rings (SSSR count). The minimum absolute atomic E-state index is 0.0856. The van der Waals surface area contributed by atoms with Gasteiger partial charge in [-0.3, -0.25) is 4.79 Å². The van der Waals surface area contributed by atoms with Crippen LogP contribution in [0.2, 0.25) is 0 Å². The number of hydrogen-bond acceptors (Lipinski definition) is 2. The Morgan fingerprint density at radius 1 is 0.913 bits per heavy atom. The fourth-order valence-electron chi connectivity index (χ4n) is 2.14. The number of hydrogen-bond donors (Lipinski definition) is 2. The van der Waals surface area contributed by atoms with E-state index >= 15 is 0 Å². The Balaban J connectivity index is 2.43. The van der Waals surface area contributed by atoms with E-state index in [-0.39, 0.29) is 11.1 Å². The van der Waals surface area contributed by atoms with Gasteiger partial charge in [0, 0.05) is 0 Å². The van der Waals surface area contributed by atoms with Gasteiger partial charge >= 0.3 is 18.1 Å². The van der Waals surface area contributed by atoms with Gasteiger partial charge in [0.1, 0.15) is 0 Å². The quantitative estimate of drug-likeness (QED) is 0.899. The molecule has 2 aromatic rings. The summed E-state index contributed by atoms with van der Waals surface area (Å²) < 4.78 is 37.6. The van der Waals surface area contributed by atoms with Gasteiger partial charge in [-0.15, -0.1) is 0 Å². The summed E-state index contributed by atoms with van der Waals surface area (Å²) in [6, 6.07) is 8.37. The molecule has 0 fully saturated rings. The van der Waals surface area contributed by atoms with Crippen LogP contribution in [0.5, 0.6) is 0 Å². The number of carboxylic acid groups (broad SMARTS) is 2. The number of carboxylic acids is 2. The molecule has 0 atom stereocenters. The highest BCUT2D eigenvalue weighted by Gasteiger charge is 2.30. The predicted octanol–water partition coefficient (Wildman–Crippen LogP) is 3.70. The second-order valence-corrected chi connectivity index (χ2v) is 4.82. The van der Waals surface area contributed by atoms with Crippen LogP contribution in [0.25, 0.3) is 11.1 Å². The zero-order chi connectivity index (χ0) is 17.2. The summed E-state index contributed by atoms with van der Waals surface area (Å²) >= 11 is 0. The lowest BCUT2D eigenvalue weighted by Gasteiger charge is -2.10. The molecule has 2 aromatic carbocycles. The molecule has 0 aliphatic heterocycles. The molecule has 120 valence electrons. The van der Waals surface area contributed by atoms with Crippen molar-refractivity contribution in [2.24, 2.45) is 0 Å². The number of aliphatic carboxylic acids is 1. The third kappa shape index (κ3) is 3.88. The third-order valence-electron chi connectivity index (χ3n) is 3.22. The predicted molar refractivity (Wildman–Crippen MR) is 75.2 cm³/mol. The van der Waals surface area contributed by atoms with Gasteiger partial charge in [-0.1, -0.05) is 18.2 Å². The first-order valence-electron chi connectivity index (χ1n) is 6.44. The maximum atomic E-state index is 12.5. The molecule has 0 aliphatic carbocycles. The van der Waals surface area contributed by atoms with Crippen molar-refractivity contribution in [3.63, 3.8) is 0 Å². The summed E-state index contributed by atoms with van der Waals surface area (Å²) in [6.45, 7) is 0. The van der Waals surface area contributed by atoms with Crippen molar-refractivity contribution in [1.82, 2.24) is 0 Å². The molecule has 0 aliphatic rings. The molecular formula is C16H11F3O4.